The van der Waals surface area contributed by atoms with E-state index in [0.717, 1.165) is 25.7 Å². The van der Waals surface area contributed by atoms with E-state index in [2.05, 4.69) is 10.3 Å². The van der Waals surface area contributed by atoms with E-state index in [-0.39, 0.29) is 11.8 Å². The van der Waals surface area contributed by atoms with E-state index < -0.39 is 0 Å². The third-order valence-electron chi connectivity index (χ3n) is 2.63. The molecule has 0 saturated heterocycles. The Hall–Kier alpha value is -1.95. The number of hydrogen-bond donors (Lipinski definition) is 3. The lowest BCUT2D eigenvalue weighted by molar-refractivity contribution is -0.129. The lowest BCUT2D eigenvalue weighted by atomic mass is 10.1. The van der Waals surface area contributed by atoms with Crippen LogP contribution in [0.15, 0.2) is 24.5 Å². The maximum atomic E-state index is 11.6. The number of hydroxylamine groups is 1. The molecule has 6 nitrogen and oxygen atoms in total. The van der Waals surface area contributed by atoms with Crippen molar-refractivity contribution in [2.24, 2.45) is 0 Å². The molecule has 1 aromatic heterocycles. The van der Waals surface area contributed by atoms with E-state index in [9.17, 15) is 9.59 Å². The molecule has 0 aliphatic heterocycles. The van der Waals surface area contributed by atoms with E-state index in [1.807, 2.05) is 0 Å². The number of anilines is 1. The van der Waals surface area contributed by atoms with Crippen LogP contribution < -0.4 is 10.8 Å². The minimum atomic E-state index is -0.366. The zero-order valence-electron chi connectivity index (χ0n) is 10.8. The average molecular weight is 265 g/mol. The summed E-state index contributed by atoms with van der Waals surface area (Å²) in [6.07, 6.45) is 7.29. The summed E-state index contributed by atoms with van der Waals surface area (Å²) >= 11 is 0. The molecule has 0 saturated carbocycles. The summed E-state index contributed by atoms with van der Waals surface area (Å²) in [5, 5.41) is 11.1. The highest BCUT2D eigenvalue weighted by molar-refractivity contribution is 5.90. The van der Waals surface area contributed by atoms with E-state index in [4.69, 9.17) is 5.21 Å². The lowest BCUT2D eigenvalue weighted by Gasteiger charge is -2.04. The first-order valence-corrected chi connectivity index (χ1v) is 6.35. The second-order valence-corrected chi connectivity index (χ2v) is 4.24. The van der Waals surface area contributed by atoms with E-state index in [1.54, 1.807) is 30.0 Å². The van der Waals surface area contributed by atoms with Crippen LogP contribution in [0.2, 0.25) is 0 Å². The van der Waals surface area contributed by atoms with Crippen molar-refractivity contribution in [3.8, 4) is 0 Å². The number of aromatic nitrogens is 1. The quantitative estimate of drug-likeness (QED) is 0.380. The Balaban J connectivity index is 2.03. The Morgan fingerprint density at radius 2 is 1.79 bits per heavy atom. The number of nitrogens with zero attached hydrogens (tertiary/aromatic N) is 1. The molecular weight excluding hydrogens is 246 g/mol. The SMILES string of the molecule is O=C(CCCCCCC(=O)Nc1cccnc1)NO. The second kappa shape index (κ2) is 9.04. The van der Waals surface area contributed by atoms with Crippen molar-refractivity contribution < 1.29 is 14.8 Å². The molecule has 6 heteroatoms. The number of carbonyl (C=O) groups is 2. The van der Waals surface area contributed by atoms with Crippen LogP contribution in [0, 0.1) is 0 Å². The zero-order chi connectivity index (χ0) is 13.9. The van der Waals surface area contributed by atoms with Gasteiger partial charge >= 0.3 is 0 Å². The van der Waals surface area contributed by atoms with Crippen LogP contribution in [0.3, 0.4) is 0 Å². The third-order valence-corrected chi connectivity index (χ3v) is 2.63. The van der Waals surface area contributed by atoms with Gasteiger partial charge in [-0.1, -0.05) is 12.8 Å². The van der Waals surface area contributed by atoms with Gasteiger partial charge in [0.15, 0.2) is 0 Å². The molecule has 1 heterocycles. The number of unbranched alkanes of at least 4 members (excludes halogenated alkanes) is 3. The highest BCUT2D eigenvalue weighted by Gasteiger charge is 2.02. The van der Waals surface area contributed by atoms with E-state index in [0.29, 0.717) is 18.5 Å². The van der Waals surface area contributed by atoms with Crippen molar-refractivity contribution in [2.75, 3.05) is 5.32 Å². The van der Waals surface area contributed by atoms with Crippen LogP contribution in [0.1, 0.15) is 38.5 Å². The van der Waals surface area contributed by atoms with Gasteiger partial charge in [-0.3, -0.25) is 19.8 Å². The highest BCUT2D eigenvalue weighted by atomic mass is 16.5. The van der Waals surface area contributed by atoms with Crippen LogP contribution in [0.5, 0.6) is 0 Å². The van der Waals surface area contributed by atoms with Crippen LogP contribution in [0.25, 0.3) is 0 Å². The number of rotatable bonds is 8. The second-order valence-electron chi connectivity index (χ2n) is 4.24. The van der Waals surface area contributed by atoms with Gasteiger partial charge in [0, 0.05) is 19.0 Å². The monoisotopic (exact) mass is 265 g/mol. The average Bonchev–Trinajstić information content (AvgIpc) is 2.43. The number of nitrogens with one attached hydrogen (secondary N) is 2. The molecule has 0 aromatic carbocycles. The fraction of sp³-hybridized carbons (Fsp3) is 0.462. The van der Waals surface area contributed by atoms with E-state index in [1.165, 1.54) is 0 Å². The summed E-state index contributed by atoms with van der Waals surface area (Å²) in [5.74, 6) is -0.393. The minimum absolute atomic E-state index is 0.0268. The predicted molar refractivity (Wildman–Crippen MR) is 70.5 cm³/mol. The standard InChI is InChI=1S/C13H19N3O3/c17-12(15-11-6-5-9-14-10-11)7-3-1-2-4-8-13(18)16-19/h5-6,9-10,19H,1-4,7-8H2,(H,15,17)(H,16,18). The molecule has 0 radical (unpaired) electrons. The normalized spacial score (nSPS) is 9.95. The summed E-state index contributed by atoms with van der Waals surface area (Å²) in [6.45, 7) is 0. The molecule has 0 aliphatic rings. The zero-order valence-corrected chi connectivity index (χ0v) is 10.8. The number of pyridine rings is 1. The van der Waals surface area contributed by atoms with Gasteiger partial charge < -0.3 is 5.32 Å². The van der Waals surface area contributed by atoms with Crippen LogP contribution in [-0.2, 0) is 9.59 Å². The van der Waals surface area contributed by atoms with Crippen molar-refractivity contribution in [2.45, 2.75) is 38.5 Å². The van der Waals surface area contributed by atoms with Gasteiger partial charge in [-0.15, -0.1) is 0 Å². The Morgan fingerprint density at radius 3 is 2.37 bits per heavy atom. The molecular formula is C13H19N3O3. The summed E-state index contributed by atoms with van der Waals surface area (Å²) < 4.78 is 0. The Labute approximate surface area is 112 Å². The van der Waals surface area contributed by atoms with Crippen molar-refractivity contribution in [1.82, 2.24) is 10.5 Å². The smallest absolute Gasteiger partial charge is 0.243 e. The first-order chi connectivity index (χ1) is 9.22. The van der Waals surface area contributed by atoms with Crippen LogP contribution in [0.4, 0.5) is 5.69 Å². The third kappa shape index (κ3) is 7.15. The van der Waals surface area contributed by atoms with Crippen LogP contribution >= 0.6 is 0 Å². The van der Waals surface area contributed by atoms with Gasteiger partial charge in [0.1, 0.15) is 0 Å². The van der Waals surface area contributed by atoms with Gasteiger partial charge in [-0.05, 0) is 25.0 Å². The molecule has 1 aromatic rings. The van der Waals surface area contributed by atoms with Crippen molar-refractivity contribution in [3.63, 3.8) is 0 Å². The Bertz CT molecular complexity index is 395. The van der Waals surface area contributed by atoms with Gasteiger partial charge in [-0.25, -0.2) is 5.48 Å². The summed E-state index contributed by atoms with van der Waals surface area (Å²) in [7, 11) is 0. The Kier molecular flexibility index (Phi) is 7.19. The molecule has 1 rings (SSSR count). The van der Waals surface area contributed by atoms with Crippen LogP contribution in [-0.4, -0.2) is 22.0 Å². The fourth-order valence-corrected chi connectivity index (χ4v) is 1.64. The van der Waals surface area contributed by atoms with Crippen molar-refractivity contribution in [1.29, 1.82) is 0 Å². The first kappa shape index (κ1) is 15.1. The molecule has 0 spiro atoms. The maximum absolute atomic E-state index is 11.6. The lowest BCUT2D eigenvalue weighted by Crippen LogP contribution is -2.17. The molecule has 0 fully saturated rings. The molecule has 104 valence electrons. The molecule has 0 unspecified atom stereocenters. The van der Waals surface area contributed by atoms with Gasteiger partial charge in [0.25, 0.3) is 0 Å². The van der Waals surface area contributed by atoms with E-state index >= 15 is 0 Å². The summed E-state index contributed by atoms with van der Waals surface area (Å²) in [5.41, 5.74) is 2.29. The topological polar surface area (TPSA) is 91.3 Å². The van der Waals surface area contributed by atoms with Gasteiger partial charge in [-0.2, -0.15) is 0 Å². The molecule has 3 N–H and O–H groups in total. The minimum Gasteiger partial charge on any atom is -0.325 e. The fourth-order valence-electron chi connectivity index (χ4n) is 1.64. The maximum Gasteiger partial charge on any atom is 0.243 e. The highest BCUT2D eigenvalue weighted by Crippen LogP contribution is 2.08. The predicted octanol–water partition coefficient (Wildman–Crippen LogP) is 1.87. The summed E-state index contributed by atoms with van der Waals surface area (Å²) in [4.78, 5) is 26.2. The molecule has 2 amide bonds. The molecule has 19 heavy (non-hydrogen) atoms. The first-order valence-electron chi connectivity index (χ1n) is 6.35. The largest absolute Gasteiger partial charge is 0.325 e. The number of hydrogen-bond acceptors (Lipinski definition) is 4. The summed E-state index contributed by atoms with van der Waals surface area (Å²) in [6, 6.07) is 3.56. The van der Waals surface area contributed by atoms with Crippen molar-refractivity contribution in [3.05, 3.63) is 24.5 Å². The van der Waals surface area contributed by atoms with Gasteiger partial charge in [0.05, 0.1) is 11.9 Å². The Morgan fingerprint density at radius 1 is 1.11 bits per heavy atom. The van der Waals surface area contributed by atoms with Gasteiger partial charge in [0.2, 0.25) is 11.8 Å². The number of carbonyl (C=O) groups excluding carboxylic acids is 2. The molecule has 0 atom stereocenters. The molecule has 0 aliphatic carbocycles. The number of amides is 2. The molecule has 0 bridgehead atoms. The van der Waals surface area contributed by atoms with Crippen molar-refractivity contribution >= 4 is 17.5 Å².